The van der Waals surface area contributed by atoms with Gasteiger partial charge in [0.05, 0.1) is 11.4 Å². The van der Waals surface area contributed by atoms with Gasteiger partial charge in [0.15, 0.2) is 0 Å². The van der Waals surface area contributed by atoms with Gasteiger partial charge in [-0.25, -0.2) is 9.78 Å². The molecule has 0 unspecified atom stereocenters. The van der Waals surface area contributed by atoms with Crippen molar-refractivity contribution in [3.63, 3.8) is 0 Å². The Balaban J connectivity index is 1.50. The molecule has 0 saturated heterocycles. The molecule has 2 aromatic carbocycles. The molecule has 3 rings (SSSR count). The number of nitrogens with zero attached hydrogens (tertiary/aromatic N) is 1. The van der Waals surface area contributed by atoms with Crippen LogP contribution in [0.2, 0.25) is 0 Å². The fourth-order valence-corrected chi connectivity index (χ4v) is 2.81. The lowest BCUT2D eigenvalue weighted by molar-refractivity contribution is 0.252. The van der Waals surface area contributed by atoms with E-state index >= 15 is 0 Å². The Morgan fingerprint density at radius 1 is 1.16 bits per heavy atom. The fraction of sp³-hybridized carbons (Fsp3) is 0.158. The molecule has 0 aliphatic rings. The molecule has 128 valence electrons. The Labute approximate surface area is 160 Å². The van der Waals surface area contributed by atoms with Crippen LogP contribution in [0.4, 0.5) is 10.5 Å². The monoisotopic (exact) mass is 447 g/mol. The van der Waals surface area contributed by atoms with Crippen molar-refractivity contribution in [1.29, 1.82) is 0 Å². The largest absolute Gasteiger partial charge is 0.444 e. The maximum absolute atomic E-state index is 11.9. The molecule has 0 spiro atoms. The number of rotatable bonds is 5. The third kappa shape index (κ3) is 4.82. The lowest BCUT2D eigenvalue weighted by Gasteiger charge is -2.08. The first-order valence-electron chi connectivity index (χ1n) is 7.92. The maximum atomic E-state index is 11.9. The van der Waals surface area contributed by atoms with Crippen molar-refractivity contribution >= 4 is 34.3 Å². The maximum Gasteiger partial charge on any atom is 0.319 e. The Morgan fingerprint density at radius 3 is 2.68 bits per heavy atom. The second-order valence-electron chi connectivity index (χ2n) is 5.62. The minimum atomic E-state index is -0.230. The van der Waals surface area contributed by atoms with Crippen LogP contribution in [0.25, 0.3) is 11.5 Å². The zero-order valence-corrected chi connectivity index (χ0v) is 15.9. The van der Waals surface area contributed by atoms with E-state index in [1.807, 2.05) is 55.5 Å². The number of amides is 2. The number of para-hydroxylation sites is 1. The molecule has 0 aliphatic carbocycles. The van der Waals surface area contributed by atoms with Crippen molar-refractivity contribution in [3.05, 3.63) is 69.6 Å². The number of hydrogen-bond acceptors (Lipinski definition) is 3. The number of oxazole rings is 1. The van der Waals surface area contributed by atoms with Crippen LogP contribution in [-0.2, 0) is 6.42 Å². The molecule has 1 heterocycles. The van der Waals surface area contributed by atoms with Gasteiger partial charge in [-0.3, -0.25) is 0 Å². The van der Waals surface area contributed by atoms with Gasteiger partial charge in [0.1, 0.15) is 6.26 Å². The van der Waals surface area contributed by atoms with E-state index in [1.165, 1.54) is 5.56 Å². The van der Waals surface area contributed by atoms with Crippen LogP contribution < -0.4 is 10.6 Å². The fourth-order valence-electron chi connectivity index (χ4n) is 2.28. The minimum absolute atomic E-state index is 0.230. The third-order valence-electron chi connectivity index (χ3n) is 3.64. The molecule has 2 amide bonds. The van der Waals surface area contributed by atoms with Gasteiger partial charge in [0, 0.05) is 22.1 Å². The first-order chi connectivity index (χ1) is 12.1. The summed E-state index contributed by atoms with van der Waals surface area (Å²) < 4.78 is 6.51. The number of carbonyl (C=O) groups is 1. The average Bonchev–Trinajstić information content (AvgIpc) is 3.06. The number of nitrogens with one attached hydrogen (secondary N) is 2. The molecular formula is C19H18IN3O2. The Morgan fingerprint density at radius 2 is 1.92 bits per heavy atom. The van der Waals surface area contributed by atoms with Crippen molar-refractivity contribution in [2.75, 3.05) is 11.9 Å². The lowest BCUT2D eigenvalue weighted by Crippen LogP contribution is -2.30. The number of carbonyl (C=O) groups excluding carboxylic acids is 1. The summed E-state index contributed by atoms with van der Waals surface area (Å²) in [7, 11) is 0. The van der Waals surface area contributed by atoms with Crippen molar-refractivity contribution in [1.82, 2.24) is 10.3 Å². The highest BCUT2D eigenvalue weighted by Crippen LogP contribution is 2.19. The van der Waals surface area contributed by atoms with E-state index in [1.54, 1.807) is 6.26 Å². The molecule has 0 radical (unpaired) electrons. The summed E-state index contributed by atoms with van der Waals surface area (Å²) in [5, 5.41) is 5.66. The molecule has 0 saturated carbocycles. The number of aromatic nitrogens is 1. The molecule has 25 heavy (non-hydrogen) atoms. The van der Waals surface area contributed by atoms with E-state index in [9.17, 15) is 4.79 Å². The summed E-state index contributed by atoms with van der Waals surface area (Å²) >= 11 is 2.19. The highest BCUT2D eigenvalue weighted by Gasteiger charge is 2.08. The Kier molecular flexibility index (Phi) is 5.70. The number of aryl methyl sites for hydroxylation is 1. The quantitative estimate of drug-likeness (QED) is 0.561. The summed E-state index contributed by atoms with van der Waals surface area (Å²) in [6.07, 6.45) is 2.24. The van der Waals surface area contributed by atoms with Crippen LogP contribution in [0, 0.1) is 10.5 Å². The number of urea groups is 1. The number of anilines is 1. The van der Waals surface area contributed by atoms with Crippen molar-refractivity contribution in [2.45, 2.75) is 13.3 Å². The normalized spacial score (nSPS) is 10.5. The van der Waals surface area contributed by atoms with E-state index < -0.39 is 0 Å². The molecule has 0 fully saturated rings. The Bertz CT molecular complexity index is 859. The number of hydrogen-bond donors (Lipinski definition) is 2. The summed E-state index contributed by atoms with van der Waals surface area (Å²) in [5.41, 5.74) is 3.74. The number of benzene rings is 2. The van der Waals surface area contributed by atoms with Gasteiger partial charge in [0.2, 0.25) is 5.89 Å². The van der Waals surface area contributed by atoms with Gasteiger partial charge in [-0.2, -0.15) is 0 Å². The predicted octanol–water partition coefficient (Wildman–Crippen LogP) is 4.62. The van der Waals surface area contributed by atoms with Gasteiger partial charge in [-0.15, -0.1) is 0 Å². The molecule has 6 heteroatoms. The van der Waals surface area contributed by atoms with Crippen LogP contribution in [0.3, 0.4) is 0 Å². The average molecular weight is 447 g/mol. The highest BCUT2D eigenvalue weighted by atomic mass is 127. The van der Waals surface area contributed by atoms with E-state index in [4.69, 9.17) is 4.42 Å². The number of halogens is 1. The molecule has 5 nitrogen and oxygen atoms in total. The topological polar surface area (TPSA) is 67.2 Å². The first kappa shape index (κ1) is 17.5. The first-order valence-corrected chi connectivity index (χ1v) is 9.00. The van der Waals surface area contributed by atoms with Crippen LogP contribution >= 0.6 is 22.6 Å². The van der Waals surface area contributed by atoms with Gasteiger partial charge < -0.3 is 15.1 Å². The van der Waals surface area contributed by atoms with Crippen LogP contribution in [0.1, 0.15) is 11.3 Å². The predicted molar refractivity (Wildman–Crippen MR) is 107 cm³/mol. The molecule has 0 bridgehead atoms. The zero-order chi connectivity index (χ0) is 17.6. The highest BCUT2D eigenvalue weighted by molar-refractivity contribution is 14.1. The van der Waals surface area contributed by atoms with E-state index in [0.29, 0.717) is 18.9 Å². The van der Waals surface area contributed by atoms with E-state index in [2.05, 4.69) is 38.2 Å². The third-order valence-corrected chi connectivity index (χ3v) is 4.58. The van der Waals surface area contributed by atoms with E-state index in [-0.39, 0.29) is 6.03 Å². The SMILES string of the molecule is Cc1ccc(-c2nc(CCNC(=O)Nc3ccccc3I)co2)cc1. The van der Waals surface area contributed by atoms with Crippen LogP contribution in [0.15, 0.2) is 59.2 Å². The van der Waals surface area contributed by atoms with Crippen LogP contribution in [0.5, 0.6) is 0 Å². The minimum Gasteiger partial charge on any atom is -0.444 e. The van der Waals surface area contributed by atoms with Gasteiger partial charge in [-0.1, -0.05) is 29.8 Å². The molecule has 0 aliphatic heterocycles. The second-order valence-corrected chi connectivity index (χ2v) is 6.78. The summed E-state index contributed by atoms with van der Waals surface area (Å²) in [6, 6.07) is 15.4. The zero-order valence-electron chi connectivity index (χ0n) is 13.8. The lowest BCUT2D eigenvalue weighted by atomic mass is 10.1. The molecule has 0 atom stereocenters. The van der Waals surface area contributed by atoms with Crippen molar-refractivity contribution in [3.8, 4) is 11.5 Å². The van der Waals surface area contributed by atoms with Gasteiger partial charge in [0.25, 0.3) is 0 Å². The smallest absolute Gasteiger partial charge is 0.319 e. The van der Waals surface area contributed by atoms with Gasteiger partial charge >= 0.3 is 6.03 Å². The molecule has 1 aromatic heterocycles. The molecule has 3 aromatic rings. The summed E-state index contributed by atoms with van der Waals surface area (Å²) in [6.45, 7) is 2.52. The Hall–Kier alpha value is -2.35. The van der Waals surface area contributed by atoms with Crippen LogP contribution in [-0.4, -0.2) is 17.6 Å². The van der Waals surface area contributed by atoms with Crippen molar-refractivity contribution in [2.24, 2.45) is 0 Å². The van der Waals surface area contributed by atoms with Crippen molar-refractivity contribution < 1.29 is 9.21 Å². The second kappa shape index (κ2) is 8.15. The molecule has 2 N–H and O–H groups in total. The summed E-state index contributed by atoms with van der Waals surface area (Å²) in [4.78, 5) is 16.4. The molecular weight excluding hydrogens is 429 g/mol. The van der Waals surface area contributed by atoms with E-state index in [0.717, 1.165) is 20.5 Å². The standard InChI is InChI=1S/C19H18IN3O2/c1-13-6-8-14(9-7-13)18-22-15(12-25-18)10-11-21-19(24)23-17-5-3-2-4-16(17)20/h2-9,12H,10-11H2,1H3,(H2,21,23,24). The van der Waals surface area contributed by atoms with Gasteiger partial charge in [-0.05, 0) is 53.8 Å². The summed E-state index contributed by atoms with van der Waals surface area (Å²) in [5.74, 6) is 0.596.